The molecule has 2 aromatic heterocycles. The van der Waals surface area contributed by atoms with Crippen LogP contribution in [0.2, 0.25) is 0 Å². The van der Waals surface area contributed by atoms with Crippen molar-refractivity contribution in [3.8, 4) is 10.6 Å². The lowest BCUT2D eigenvalue weighted by molar-refractivity contribution is 0.628. The number of anilines is 3. The van der Waals surface area contributed by atoms with Crippen molar-refractivity contribution in [2.24, 2.45) is 0 Å². The van der Waals surface area contributed by atoms with Crippen molar-refractivity contribution in [2.45, 2.75) is 6.92 Å². The second-order valence-corrected chi connectivity index (χ2v) is 6.00. The second-order valence-electron chi connectivity index (χ2n) is 5.00. The Kier molecular flexibility index (Phi) is 4.81. The number of nitrogens with one attached hydrogen (secondary N) is 2. The molecule has 2 N–H and O–H groups in total. The van der Waals surface area contributed by atoms with Crippen LogP contribution in [0.4, 0.5) is 21.2 Å². The van der Waals surface area contributed by atoms with Gasteiger partial charge in [0.15, 0.2) is 5.13 Å². The summed E-state index contributed by atoms with van der Waals surface area (Å²) in [6.45, 7) is 6.29. The number of aryl methyl sites for hydroxylation is 1. The van der Waals surface area contributed by atoms with Crippen molar-refractivity contribution in [2.75, 3.05) is 17.2 Å². The zero-order valence-electron chi connectivity index (χ0n) is 13.1. The van der Waals surface area contributed by atoms with Crippen molar-refractivity contribution in [3.05, 3.63) is 60.7 Å². The molecule has 0 radical (unpaired) electrons. The van der Waals surface area contributed by atoms with Gasteiger partial charge in [-0.05, 0) is 37.3 Å². The maximum Gasteiger partial charge on any atom is 0.227 e. The van der Waals surface area contributed by atoms with Crippen LogP contribution < -0.4 is 10.6 Å². The maximum atomic E-state index is 13.0. The van der Waals surface area contributed by atoms with E-state index in [0.717, 1.165) is 27.1 Å². The number of rotatable bonds is 6. The molecule has 0 aliphatic rings. The van der Waals surface area contributed by atoms with Gasteiger partial charge in [-0.25, -0.2) is 19.3 Å². The van der Waals surface area contributed by atoms with Crippen LogP contribution in [0.5, 0.6) is 0 Å². The highest BCUT2D eigenvalue weighted by atomic mass is 32.1. The van der Waals surface area contributed by atoms with Crippen LogP contribution in [-0.2, 0) is 0 Å². The van der Waals surface area contributed by atoms with Crippen molar-refractivity contribution >= 4 is 28.1 Å². The third-order valence-electron chi connectivity index (χ3n) is 3.18. The molecule has 0 aliphatic carbocycles. The van der Waals surface area contributed by atoms with Crippen LogP contribution in [0, 0.1) is 12.7 Å². The molecule has 2 heterocycles. The van der Waals surface area contributed by atoms with E-state index in [1.165, 1.54) is 23.5 Å². The molecule has 0 fully saturated rings. The third-order valence-corrected chi connectivity index (χ3v) is 4.32. The number of thiazole rings is 1. The zero-order valence-corrected chi connectivity index (χ0v) is 13.9. The normalized spacial score (nSPS) is 10.4. The Balaban J connectivity index is 1.83. The molecule has 0 spiro atoms. The molecule has 3 aromatic rings. The molecule has 5 nitrogen and oxygen atoms in total. The summed E-state index contributed by atoms with van der Waals surface area (Å²) in [4.78, 5) is 14.2. The molecular weight excluding hydrogens is 325 g/mol. The molecule has 0 amide bonds. The van der Waals surface area contributed by atoms with Crippen molar-refractivity contribution in [1.29, 1.82) is 0 Å². The summed E-state index contributed by atoms with van der Waals surface area (Å²) in [6.07, 6.45) is 3.47. The molecule has 0 bridgehead atoms. The van der Waals surface area contributed by atoms with E-state index >= 15 is 0 Å². The maximum absolute atomic E-state index is 13.0. The van der Waals surface area contributed by atoms with Crippen LogP contribution in [0.3, 0.4) is 0 Å². The average Bonchev–Trinajstić information content (AvgIpc) is 2.96. The Labute approximate surface area is 143 Å². The lowest BCUT2D eigenvalue weighted by Crippen LogP contribution is -1.97. The first-order valence-corrected chi connectivity index (χ1v) is 8.15. The highest BCUT2D eigenvalue weighted by molar-refractivity contribution is 7.19. The number of halogens is 1. The van der Waals surface area contributed by atoms with E-state index in [1.54, 1.807) is 24.4 Å². The third kappa shape index (κ3) is 3.75. The van der Waals surface area contributed by atoms with Gasteiger partial charge in [0.25, 0.3) is 0 Å². The van der Waals surface area contributed by atoms with E-state index in [4.69, 9.17) is 0 Å². The number of hydrogen-bond acceptors (Lipinski definition) is 6. The van der Waals surface area contributed by atoms with Crippen LogP contribution in [0.15, 0.2) is 49.2 Å². The standard InChI is InChI=1S/C17H16FN5S/c1-3-9-20-17-21-11(2)15(24-17)14-8-10-19-16(23-14)22-13-6-4-12(18)5-7-13/h3-8,10H,1,9H2,2H3,(H,20,21)(H,19,22,23). The number of hydrogen-bond donors (Lipinski definition) is 2. The van der Waals surface area contributed by atoms with Crippen molar-refractivity contribution in [3.63, 3.8) is 0 Å². The second kappa shape index (κ2) is 7.18. The van der Waals surface area contributed by atoms with Crippen LogP contribution >= 0.6 is 11.3 Å². The van der Waals surface area contributed by atoms with Gasteiger partial charge in [0.1, 0.15) is 5.82 Å². The first kappa shape index (κ1) is 16.1. The summed E-state index contributed by atoms with van der Waals surface area (Å²) >= 11 is 1.53. The first-order valence-electron chi connectivity index (χ1n) is 7.34. The SMILES string of the molecule is C=CCNc1nc(C)c(-c2ccnc(Nc3ccc(F)cc3)n2)s1. The minimum absolute atomic E-state index is 0.282. The number of nitrogens with zero attached hydrogens (tertiary/aromatic N) is 3. The molecule has 0 saturated carbocycles. The Morgan fingerprint density at radius 2 is 2.00 bits per heavy atom. The molecule has 0 atom stereocenters. The van der Waals surface area contributed by atoms with Gasteiger partial charge in [0.05, 0.1) is 16.3 Å². The quantitative estimate of drug-likeness (QED) is 0.651. The Morgan fingerprint density at radius 3 is 2.75 bits per heavy atom. The minimum atomic E-state index is -0.282. The van der Waals surface area contributed by atoms with E-state index in [-0.39, 0.29) is 5.82 Å². The summed E-state index contributed by atoms with van der Waals surface area (Å²) in [7, 11) is 0. The van der Waals surface area contributed by atoms with Crippen LogP contribution in [-0.4, -0.2) is 21.5 Å². The molecule has 7 heteroatoms. The lowest BCUT2D eigenvalue weighted by Gasteiger charge is -2.06. The van der Waals surface area contributed by atoms with Gasteiger partial charge in [-0.1, -0.05) is 17.4 Å². The fourth-order valence-electron chi connectivity index (χ4n) is 2.08. The highest BCUT2D eigenvalue weighted by Crippen LogP contribution is 2.31. The molecule has 0 saturated heterocycles. The van der Waals surface area contributed by atoms with Crippen LogP contribution in [0.1, 0.15) is 5.69 Å². The first-order chi connectivity index (χ1) is 11.7. The summed E-state index contributed by atoms with van der Waals surface area (Å²) in [5, 5.41) is 7.08. The van der Waals surface area contributed by atoms with E-state index in [1.807, 2.05) is 13.0 Å². The molecule has 24 heavy (non-hydrogen) atoms. The number of benzene rings is 1. The zero-order chi connectivity index (χ0) is 16.9. The van der Waals surface area contributed by atoms with Gasteiger partial charge in [-0.2, -0.15) is 0 Å². The highest BCUT2D eigenvalue weighted by Gasteiger charge is 2.11. The predicted octanol–water partition coefficient (Wildman–Crippen LogP) is 4.39. The van der Waals surface area contributed by atoms with E-state index in [0.29, 0.717) is 12.5 Å². The molecule has 122 valence electrons. The molecule has 0 unspecified atom stereocenters. The smallest absolute Gasteiger partial charge is 0.227 e. The van der Waals surface area contributed by atoms with Crippen molar-refractivity contribution in [1.82, 2.24) is 15.0 Å². The summed E-state index contributed by atoms with van der Waals surface area (Å²) in [5.74, 6) is 0.169. The molecule has 0 aliphatic heterocycles. The Morgan fingerprint density at radius 1 is 1.21 bits per heavy atom. The predicted molar refractivity (Wildman–Crippen MR) is 96.2 cm³/mol. The fourth-order valence-corrected chi connectivity index (χ4v) is 3.02. The van der Waals surface area contributed by atoms with Crippen LogP contribution in [0.25, 0.3) is 10.6 Å². The topological polar surface area (TPSA) is 62.7 Å². The Bertz CT molecular complexity index is 844. The van der Waals surface area contributed by atoms with Gasteiger partial charge in [0, 0.05) is 18.4 Å². The minimum Gasteiger partial charge on any atom is -0.358 e. The molecule has 3 rings (SSSR count). The van der Waals surface area contributed by atoms with Gasteiger partial charge in [-0.3, -0.25) is 0 Å². The molecular formula is C17H16FN5S. The van der Waals surface area contributed by atoms with Gasteiger partial charge in [0.2, 0.25) is 5.95 Å². The number of aromatic nitrogens is 3. The summed E-state index contributed by atoms with van der Waals surface area (Å²) < 4.78 is 13.0. The van der Waals surface area contributed by atoms with Crippen molar-refractivity contribution < 1.29 is 4.39 Å². The van der Waals surface area contributed by atoms with E-state index in [2.05, 4.69) is 32.2 Å². The van der Waals surface area contributed by atoms with Gasteiger partial charge < -0.3 is 10.6 Å². The average molecular weight is 341 g/mol. The van der Waals surface area contributed by atoms with Gasteiger partial charge in [-0.15, -0.1) is 6.58 Å². The Hall–Kier alpha value is -2.80. The lowest BCUT2D eigenvalue weighted by atomic mass is 10.3. The largest absolute Gasteiger partial charge is 0.358 e. The van der Waals surface area contributed by atoms with Gasteiger partial charge >= 0.3 is 0 Å². The summed E-state index contributed by atoms with van der Waals surface area (Å²) in [5.41, 5.74) is 2.41. The fraction of sp³-hybridized carbons (Fsp3) is 0.118. The van der Waals surface area contributed by atoms with E-state index < -0.39 is 0 Å². The summed E-state index contributed by atoms with van der Waals surface area (Å²) in [6, 6.07) is 7.89. The molecule has 1 aromatic carbocycles. The van der Waals surface area contributed by atoms with E-state index in [9.17, 15) is 4.39 Å². The monoisotopic (exact) mass is 341 g/mol.